The van der Waals surface area contributed by atoms with Gasteiger partial charge in [-0.25, -0.2) is 0 Å². The van der Waals surface area contributed by atoms with Gasteiger partial charge in [0.25, 0.3) is 0 Å². The quantitative estimate of drug-likeness (QED) is 0.507. The van der Waals surface area contributed by atoms with E-state index in [0.717, 1.165) is 17.8 Å². The summed E-state index contributed by atoms with van der Waals surface area (Å²) in [5, 5.41) is 0. The molecule has 0 saturated heterocycles. The van der Waals surface area contributed by atoms with Crippen LogP contribution in [0.15, 0.2) is 0 Å². The summed E-state index contributed by atoms with van der Waals surface area (Å²) in [6, 6.07) is 0. The van der Waals surface area contributed by atoms with Crippen molar-refractivity contribution < 1.29 is 0 Å². The van der Waals surface area contributed by atoms with E-state index < -0.39 is 0 Å². The molecule has 0 aliphatic heterocycles. The summed E-state index contributed by atoms with van der Waals surface area (Å²) in [4.78, 5) is 0. The Bertz CT molecular complexity index is 176. The Hall–Kier alpha value is 0.0649. The lowest BCUT2D eigenvalue weighted by Gasteiger charge is -2.26. The highest BCUT2D eigenvalue weighted by molar-refractivity contribution is 6.11. The molecule has 14 heavy (non-hydrogen) atoms. The second kappa shape index (κ2) is 4.72. The molecule has 4 atom stereocenters. The standard InChI is InChI=1S/C13H23B/c1-10-7-11-3-2-4-12(8-10)9-13(14)6-5-11/h10-13H,2-9H2,1H3. The molecule has 1 heteroatoms. The summed E-state index contributed by atoms with van der Waals surface area (Å²) < 4.78 is 0. The highest BCUT2D eigenvalue weighted by Crippen LogP contribution is 2.39. The predicted octanol–water partition coefficient (Wildman–Crippen LogP) is 3.96. The van der Waals surface area contributed by atoms with Crippen molar-refractivity contribution in [1.82, 2.24) is 0 Å². The first-order chi connectivity index (χ1) is 6.74. The van der Waals surface area contributed by atoms with Crippen molar-refractivity contribution in [3.05, 3.63) is 0 Å². The van der Waals surface area contributed by atoms with E-state index in [0.29, 0.717) is 5.82 Å². The van der Waals surface area contributed by atoms with Crippen LogP contribution < -0.4 is 0 Å². The van der Waals surface area contributed by atoms with E-state index >= 15 is 0 Å². The van der Waals surface area contributed by atoms with Gasteiger partial charge >= 0.3 is 0 Å². The molecule has 0 aromatic rings. The van der Waals surface area contributed by atoms with Crippen LogP contribution in [0.5, 0.6) is 0 Å². The average molecular weight is 190 g/mol. The molecule has 3 saturated carbocycles. The Labute approximate surface area is 90.3 Å². The summed E-state index contributed by atoms with van der Waals surface area (Å²) in [5.74, 6) is 3.40. The van der Waals surface area contributed by atoms with E-state index in [2.05, 4.69) is 6.92 Å². The largest absolute Gasteiger partial charge is 0.0771 e. The van der Waals surface area contributed by atoms with Crippen LogP contribution in [0, 0.1) is 17.8 Å². The van der Waals surface area contributed by atoms with E-state index in [1.54, 1.807) is 0 Å². The molecule has 0 nitrogen and oxygen atoms in total. The molecule has 0 spiro atoms. The van der Waals surface area contributed by atoms with Gasteiger partial charge in [0.15, 0.2) is 0 Å². The first kappa shape index (κ1) is 10.6. The zero-order valence-electron chi connectivity index (χ0n) is 9.54. The highest BCUT2D eigenvalue weighted by atomic mass is 14.3. The van der Waals surface area contributed by atoms with E-state index in [1.165, 1.54) is 51.4 Å². The molecule has 0 N–H and O–H groups in total. The fraction of sp³-hybridized carbons (Fsp3) is 1.00. The highest BCUT2D eigenvalue weighted by Gasteiger charge is 2.25. The molecule has 3 fully saturated rings. The molecule has 2 bridgehead atoms. The van der Waals surface area contributed by atoms with Crippen molar-refractivity contribution in [2.24, 2.45) is 17.8 Å². The van der Waals surface area contributed by atoms with Crippen LogP contribution in [0.4, 0.5) is 0 Å². The van der Waals surface area contributed by atoms with Crippen molar-refractivity contribution in [2.45, 2.75) is 64.1 Å². The SMILES string of the molecule is [B]C1CCC2CCCC(C1)CC(C)C2. The topological polar surface area (TPSA) is 0 Å². The molecule has 4 unspecified atom stereocenters. The van der Waals surface area contributed by atoms with Gasteiger partial charge in [0, 0.05) is 0 Å². The van der Waals surface area contributed by atoms with Crippen LogP contribution in [-0.2, 0) is 0 Å². The van der Waals surface area contributed by atoms with Gasteiger partial charge in [-0.05, 0) is 30.6 Å². The Morgan fingerprint density at radius 2 is 1.57 bits per heavy atom. The number of rotatable bonds is 0. The first-order valence-corrected chi connectivity index (χ1v) is 6.49. The molecule has 3 aliphatic rings. The normalized spacial score (nSPS) is 44.9. The smallest absolute Gasteiger partial charge is 0.0699 e. The van der Waals surface area contributed by atoms with Crippen LogP contribution in [0.25, 0.3) is 0 Å². The summed E-state index contributed by atoms with van der Waals surface area (Å²) in [5.41, 5.74) is 0. The van der Waals surface area contributed by atoms with Crippen molar-refractivity contribution in [1.29, 1.82) is 0 Å². The molecule has 78 valence electrons. The predicted molar refractivity (Wildman–Crippen MR) is 62.6 cm³/mol. The molecule has 0 heterocycles. The molecule has 2 radical (unpaired) electrons. The van der Waals surface area contributed by atoms with Crippen LogP contribution in [0.3, 0.4) is 0 Å². The van der Waals surface area contributed by atoms with Crippen molar-refractivity contribution >= 4 is 7.85 Å². The fourth-order valence-electron chi connectivity index (χ4n) is 3.64. The first-order valence-electron chi connectivity index (χ1n) is 6.49. The monoisotopic (exact) mass is 190 g/mol. The number of hydrogen-bond acceptors (Lipinski definition) is 0. The van der Waals surface area contributed by atoms with E-state index in [-0.39, 0.29) is 0 Å². The van der Waals surface area contributed by atoms with E-state index in [4.69, 9.17) is 7.85 Å². The number of fused-ring (bicyclic) bond motifs is 7. The summed E-state index contributed by atoms with van der Waals surface area (Å²) >= 11 is 0. The summed E-state index contributed by atoms with van der Waals surface area (Å²) in [7, 11) is 6.18. The molecule has 0 aromatic carbocycles. The van der Waals surface area contributed by atoms with Gasteiger partial charge in [-0.3, -0.25) is 0 Å². The van der Waals surface area contributed by atoms with Crippen molar-refractivity contribution in [3.63, 3.8) is 0 Å². The van der Waals surface area contributed by atoms with Crippen molar-refractivity contribution in [2.75, 3.05) is 0 Å². The summed E-state index contributed by atoms with van der Waals surface area (Å²) in [6.07, 6.45) is 11.3. The minimum atomic E-state index is 0.505. The third-order valence-corrected chi connectivity index (χ3v) is 4.28. The lowest BCUT2D eigenvalue weighted by Crippen LogP contribution is -2.14. The molecule has 3 rings (SSSR count). The minimum Gasteiger partial charge on any atom is -0.0771 e. The van der Waals surface area contributed by atoms with Gasteiger partial charge < -0.3 is 0 Å². The van der Waals surface area contributed by atoms with Crippen molar-refractivity contribution in [3.8, 4) is 0 Å². The Kier molecular flexibility index (Phi) is 3.57. The summed E-state index contributed by atoms with van der Waals surface area (Å²) in [6.45, 7) is 2.45. The number of hydrogen-bond donors (Lipinski definition) is 0. The van der Waals surface area contributed by atoms with Gasteiger partial charge in [-0.1, -0.05) is 51.3 Å². The van der Waals surface area contributed by atoms with Gasteiger partial charge in [0.05, 0.1) is 7.85 Å². The zero-order chi connectivity index (χ0) is 9.97. The second-order valence-electron chi connectivity index (χ2n) is 5.81. The maximum atomic E-state index is 6.18. The maximum absolute atomic E-state index is 6.18. The second-order valence-corrected chi connectivity index (χ2v) is 5.81. The molecule has 3 aliphatic carbocycles. The molecular weight excluding hydrogens is 167 g/mol. The van der Waals surface area contributed by atoms with Gasteiger partial charge in [0.2, 0.25) is 0 Å². The third kappa shape index (κ3) is 2.78. The lowest BCUT2D eigenvalue weighted by molar-refractivity contribution is 0.260. The Morgan fingerprint density at radius 3 is 2.43 bits per heavy atom. The Balaban J connectivity index is 2.06. The van der Waals surface area contributed by atoms with Gasteiger partial charge in [0.1, 0.15) is 0 Å². The average Bonchev–Trinajstić information content (AvgIpc) is 2.19. The van der Waals surface area contributed by atoms with Crippen LogP contribution in [0.2, 0.25) is 5.82 Å². The maximum Gasteiger partial charge on any atom is 0.0699 e. The zero-order valence-corrected chi connectivity index (χ0v) is 9.54. The van der Waals surface area contributed by atoms with E-state index in [9.17, 15) is 0 Å². The van der Waals surface area contributed by atoms with Crippen LogP contribution in [-0.4, -0.2) is 7.85 Å². The third-order valence-electron chi connectivity index (χ3n) is 4.28. The fourth-order valence-corrected chi connectivity index (χ4v) is 3.64. The molecular formula is C13H23B. The van der Waals surface area contributed by atoms with Crippen LogP contribution >= 0.6 is 0 Å². The molecule has 0 aromatic heterocycles. The minimum absolute atomic E-state index is 0.505. The van der Waals surface area contributed by atoms with Crippen LogP contribution in [0.1, 0.15) is 58.3 Å². The lowest BCUT2D eigenvalue weighted by atomic mass is 9.75. The Morgan fingerprint density at radius 1 is 0.857 bits per heavy atom. The van der Waals surface area contributed by atoms with E-state index in [1.807, 2.05) is 0 Å². The van der Waals surface area contributed by atoms with Gasteiger partial charge in [-0.15, -0.1) is 0 Å². The van der Waals surface area contributed by atoms with Gasteiger partial charge in [-0.2, -0.15) is 0 Å². The molecule has 0 amide bonds.